The summed E-state index contributed by atoms with van der Waals surface area (Å²) in [6.07, 6.45) is 1.10. The zero-order chi connectivity index (χ0) is 15.5. The van der Waals surface area contributed by atoms with Gasteiger partial charge in [0, 0.05) is 25.2 Å². The molecule has 0 spiro atoms. The van der Waals surface area contributed by atoms with E-state index in [1.54, 1.807) is 18.1 Å². The van der Waals surface area contributed by atoms with Crippen molar-refractivity contribution in [2.75, 3.05) is 20.2 Å². The number of halogens is 1. The Morgan fingerprint density at radius 3 is 2.86 bits per heavy atom. The van der Waals surface area contributed by atoms with Gasteiger partial charge in [-0.05, 0) is 17.7 Å². The number of benzene rings is 1. The van der Waals surface area contributed by atoms with Crippen molar-refractivity contribution in [2.24, 2.45) is 0 Å². The molecule has 0 aliphatic carbocycles. The summed E-state index contributed by atoms with van der Waals surface area (Å²) in [7, 11) is 1.63. The Bertz CT molecular complexity index is 610. The fourth-order valence-corrected chi connectivity index (χ4v) is 2.75. The lowest BCUT2D eigenvalue weighted by atomic mass is 10.1. The molecule has 1 fully saturated rings. The lowest BCUT2D eigenvalue weighted by Crippen LogP contribution is -2.21. The summed E-state index contributed by atoms with van der Waals surface area (Å²) >= 11 is 0. The fourth-order valence-electron chi connectivity index (χ4n) is 2.75. The van der Waals surface area contributed by atoms with Gasteiger partial charge in [-0.15, -0.1) is 0 Å². The molecule has 0 amide bonds. The van der Waals surface area contributed by atoms with Crippen LogP contribution < -0.4 is 4.74 Å². The van der Waals surface area contributed by atoms with E-state index in [2.05, 4.69) is 10.1 Å². The van der Waals surface area contributed by atoms with E-state index >= 15 is 0 Å². The molecule has 1 aromatic carbocycles. The smallest absolute Gasteiger partial charge is 0.140 e. The molecular formula is C15H19FN4O2. The third-order valence-electron chi connectivity index (χ3n) is 3.85. The van der Waals surface area contributed by atoms with Crippen LogP contribution in [0.3, 0.4) is 0 Å². The van der Waals surface area contributed by atoms with E-state index in [1.165, 1.54) is 6.33 Å². The SMILES string of the molecule is COc1ccc(CN2C[C@@H](O)[C@H](F)C2)cc1Cn1cncn1. The Labute approximate surface area is 128 Å². The molecule has 6 nitrogen and oxygen atoms in total. The Morgan fingerprint density at radius 2 is 2.23 bits per heavy atom. The van der Waals surface area contributed by atoms with Crippen LogP contribution in [0.1, 0.15) is 11.1 Å². The van der Waals surface area contributed by atoms with E-state index in [4.69, 9.17) is 4.74 Å². The van der Waals surface area contributed by atoms with E-state index in [0.717, 1.165) is 16.9 Å². The Balaban J connectivity index is 1.75. The van der Waals surface area contributed by atoms with Gasteiger partial charge in [0.25, 0.3) is 0 Å². The number of rotatable bonds is 5. The van der Waals surface area contributed by atoms with E-state index in [-0.39, 0.29) is 6.54 Å². The normalized spacial score (nSPS) is 22.1. The molecule has 1 aromatic heterocycles. The second-order valence-corrected chi connectivity index (χ2v) is 5.52. The van der Waals surface area contributed by atoms with E-state index in [9.17, 15) is 9.50 Å². The quantitative estimate of drug-likeness (QED) is 0.887. The average Bonchev–Trinajstić information content (AvgIpc) is 3.10. The molecule has 0 unspecified atom stereocenters. The van der Waals surface area contributed by atoms with Gasteiger partial charge >= 0.3 is 0 Å². The number of methoxy groups -OCH3 is 1. The summed E-state index contributed by atoms with van der Waals surface area (Å²) in [4.78, 5) is 5.84. The highest BCUT2D eigenvalue weighted by Crippen LogP contribution is 2.23. The predicted molar refractivity (Wildman–Crippen MR) is 78.3 cm³/mol. The average molecular weight is 306 g/mol. The maximum absolute atomic E-state index is 13.4. The van der Waals surface area contributed by atoms with Gasteiger partial charge in [0.15, 0.2) is 0 Å². The van der Waals surface area contributed by atoms with Crippen molar-refractivity contribution < 1.29 is 14.2 Å². The number of hydrogen-bond acceptors (Lipinski definition) is 5. The summed E-state index contributed by atoms with van der Waals surface area (Å²) in [5.74, 6) is 0.782. The van der Waals surface area contributed by atoms with Gasteiger partial charge in [-0.1, -0.05) is 6.07 Å². The minimum absolute atomic E-state index is 0.269. The first-order valence-corrected chi connectivity index (χ1v) is 7.18. The first-order chi connectivity index (χ1) is 10.7. The molecule has 1 aliphatic heterocycles. The summed E-state index contributed by atoms with van der Waals surface area (Å²) in [6, 6.07) is 5.89. The molecule has 7 heteroatoms. The van der Waals surface area contributed by atoms with Gasteiger partial charge in [-0.3, -0.25) is 4.90 Å². The lowest BCUT2D eigenvalue weighted by molar-refractivity contribution is 0.115. The first-order valence-electron chi connectivity index (χ1n) is 7.18. The van der Waals surface area contributed by atoms with E-state index in [1.807, 2.05) is 23.1 Å². The number of hydrogen-bond donors (Lipinski definition) is 1. The zero-order valence-corrected chi connectivity index (χ0v) is 12.4. The van der Waals surface area contributed by atoms with Crippen LogP contribution in [0, 0.1) is 0 Å². The van der Waals surface area contributed by atoms with Crippen LogP contribution in [0.4, 0.5) is 4.39 Å². The summed E-state index contributed by atoms with van der Waals surface area (Å²) in [6.45, 7) is 1.80. The standard InChI is InChI=1S/C15H19FN4O2/c1-22-15-3-2-11(5-19-7-13(16)14(21)8-19)4-12(15)6-20-10-17-9-18-20/h2-4,9-10,13-14,21H,5-8H2,1H3/t13-,14-/m1/s1. The molecule has 0 saturated carbocycles. The number of aliphatic hydroxyl groups is 1. The van der Waals surface area contributed by atoms with Crippen LogP contribution >= 0.6 is 0 Å². The highest BCUT2D eigenvalue weighted by Gasteiger charge is 2.30. The molecule has 22 heavy (non-hydrogen) atoms. The van der Waals surface area contributed by atoms with E-state index < -0.39 is 12.3 Å². The fraction of sp³-hybridized carbons (Fsp3) is 0.467. The van der Waals surface area contributed by atoms with Gasteiger partial charge in [0.05, 0.1) is 19.8 Å². The van der Waals surface area contributed by atoms with Crippen molar-refractivity contribution in [1.82, 2.24) is 19.7 Å². The Kier molecular flexibility index (Phi) is 4.35. The molecule has 2 atom stereocenters. The van der Waals surface area contributed by atoms with Crippen LogP contribution in [-0.4, -0.2) is 57.2 Å². The minimum Gasteiger partial charge on any atom is -0.496 e. The van der Waals surface area contributed by atoms with Gasteiger partial charge in [0.1, 0.15) is 24.6 Å². The molecule has 2 heterocycles. The number of β-amino-alcohol motifs (C(OH)–C–C–N with tert-alkyl or cyclic N) is 1. The van der Waals surface area contributed by atoms with Crippen molar-refractivity contribution in [3.05, 3.63) is 42.0 Å². The number of aromatic nitrogens is 3. The molecule has 1 N–H and O–H groups in total. The first kappa shape index (κ1) is 14.9. The van der Waals surface area contributed by atoms with Crippen LogP contribution in [0.2, 0.25) is 0 Å². The van der Waals surface area contributed by atoms with Crippen LogP contribution in [-0.2, 0) is 13.1 Å². The van der Waals surface area contributed by atoms with Gasteiger partial charge in [-0.2, -0.15) is 5.10 Å². The molecular weight excluding hydrogens is 287 g/mol. The molecule has 1 aliphatic rings. The summed E-state index contributed by atoms with van der Waals surface area (Å²) in [5.41, 5.74) is 2.04. The molecule has 3 rings (SSSR count). The van der Waals surface area contributed by atoms with E-state index in [0.29, 0.717) is 19.6 Å². The second-order valence-electron chi connectivity index (χ2n) is 5.52. The van der Waals surface area contributed by atoms with Crippen molar-refractivity contribution >= 4 is 0 Å². The monoisotopic (exact) mass is 306 g/mol. The van der Waals surface area contributed by atoms with Crippen LogP contribution in [0.25, 0.3) is 0 Å². The molecule has 2 aromatic rings. The maximum atomic E-state index is 13.4. The van der Waals surface area contributed by atoms with Crippen LogP contribution in [0.5, 0.6) is 5.75 Å². The number of aliphatic hydroxyl groups excluding tert-OH is 1. The van der Waals surface area contributed by atoms with Crippen molar-refractivity contribution in [1.29, 1.82) is 0 Å². The molecule has 0 radical (unpaired) electrons. The molecule has 0 bridgehead atoms. The molecule has 1 saturated heterocycles. The van der Waals surface area contributed by atoms with Gasteiger partial charge in [0.2, 0.25) is 0 Å². The topological polar surface area (TPSA) is 63.4 Å². The highest BCUT2D eigenvalue weighted by atomic mass is 19.1. The van der Waals surface area contributed by atoms with Crippen molar-refractivity contribution in [3.8, 4) is 5.75 Å². The number of ether oxygens (including phenoxy) is 1. The lowest BCUT2D eigenvalue weighted by Gasteiger charge is -2.16. The Hall–Kier alpha value is -1.99. The second kappa shape index (κ2) is 6.41. The highest BCUT2D eigenvalue weighted by molar-refractivity contribution is 5.37. The number of likely N-dealkylation sites (tertiary alicyclic amines) is 1. The number of alkyl halides is 1. The van der Waals surface area contributed by atoms with Gasteiger partial charge in [-0.25, -0.2) is 14.1 Å². The predicted octanol–water partition coefficient (Wildman–Crippen LogP) is 0.850. The zero-order valence-electron chi connectivity index (χ0n) is 12.4. The number of nitrogens with zero attached hydrogens (tertiary/aromatic N) is 4. The summed E-state index contributed by atoms with van der Waals surface area (Å²) < 4.78 is 20.5. The van der Waals surface area contributed by atoms with Crippen molar-refractivity contribution in [3.63, 3.8) is 0 Å². The van der Waals surface area contributed by atoms with Crippen LogP contribution in [0.15, 0.2) is 30.9 Å². The summed E-state index contributed by atoms with van der Waals surface area (Å²) in [5, 5.41) is 13.6. The van der Waals surface area contributed by atoms with Gasteiger partial charge < -0.3 is 9.84 Å². The van der Waals surface area contributed by atoms with Crippen molar-refractivity contribution in [2.45, 2.75) is 25.4 Å². The third-order valence-corrected chi connectivity index (χ3v) is 3.85. The minimum atomic E-state index is -1.16. The molecule has 118 valence electrons. The maximum Gasteiger partial charge on any atom is 0.140 e. The Morgan fingerprint density at radius 1 is 1.36 bits per heavy atom. The third kappa shape index (κ3) is 3.26. The largest absolute Gasteiger partial charge is 0.496 e.